The van der Waals surface area contributed by atoms with Crippen LogP contribution in [0.1, 0.15) is 17.4 Å². The van der Waals surface area contributed by atoms with Gasteiger partial charge in [0, 0.05) is 21.8 Å². The van der Waals surface area contributed by atoms with Gasteiger partial charge in [-0.3, -0.25) is 10.1 Å². The van der Waals surface area contributed by atoms with Crippen molar-refractivity contribution in [3.8, 4) is 5.75 Å². The van der Waals surface area contributed by atoms with Gasteiger partial charge in [-0.15, -0.1) is 11.3 Å². The number of carbonyl (C=O) groups is 2. The topological polar surface area (TPSA) is 92.4 Å². The predicted octanol–water partition coefficient (Wildman–Crippen LogP) is 5.09. The molecule has 0 bridgehead atoms. The van der Waals surface area contributed by atoms with Gasteiger partial charge >= 0.3 is 6.03 Å². The number of aromatic nitrogens is 1. The number of ether oxygens (including phenoxy) is 1. The highest BCUT2D eigenvalue weighted by Crippen LogP contribution is 2.20. The van der Waals surface area contributed by atoms with Crippen molar-refractivity contribution in [2.24, 2.45) is 0 Å². The Morgan fingerprint density at radius 1 is 1.00 bits per heavy atom. The van der Waals surface area contributed by atoms with Crippen LogP contribution >= 0.6 is 22.9 Å². The van der Waals surface area contributed by atoms with E-state index in [1.807, 2.05) is 6.92 Å². The third kappa shape index (κ3) is 5.45. The van der Waals surface area contributed by atoms with Gasteiger partial charge in [-0.2, -0.15) is 0 Å². The maximum atomic E-state index is 12.3. The molecule has 28 heavy (non-hydrogen) atoms. The molecule has 9 heteroatoms. The normalized spacial score (nSPS) is 10.2. The van der Waals surface area contributed by atoms with Gasteiger partial charge in [0.15, 0.2) is 5.13 Å². The summed E-state index contributed by atoms with van der Waals surface area (Å²) in [5.41, 5.74) is 1.42. The molecule has 0 unspecified atom stereocenters. The van der Waals surface area contributed by atoms with Crippen molar-refractivity contribution in [1.29, 1.82) is 0 Å². The maximum absolute atomic E-state index is 12.3. The monoisotopic (exact) mass is 416 g/mol. The Morgan fingerprint density at radius 2 is 1.64 bits per heavy atom. The van der Waals surface area contributed by atoms with Crippen LogP contribution in [-0.2, 0) is 0 Å². The first-order valence-corrected chi connectivity index (χ1v) is 9.62. The number of hydrogen-bond donors (Lipinski definition) is 3. The van der Waals surface area contributed by atoms with E-state index in [0.29, 0.717) is 28.1 Å². The van der Waals surface area contributed by atoms with Crippen LogP contribution in [0.25, 0.3) is 0 Å². The molecule has 0 atom stereocenters. The van der Waals surface area contributed by atoms with Crippen molar-refractivity contribution in [3.63, 3.8) is 0 Å². The number of anilines is 3. The summed E-state index contributed by atoms with van der Waals surface area (Å²) in [6.07, 6.45) is 0. The van der Waals surface area contributed by atoms with E-state index in [1.54, 1.807) is 53.9 Å². The Kier molecular flexibility index (Phi) is 6.46. The molecule has 0 aliphatic rings. The van der Waals surface area contributed by atoms with Gasteiger partial charge in [-0.25, -0.2) is 9.78 Å². The number of amides is 3. The van der Waals surface area contributed by atoms with E-state index in [1.165, 1.54) is 0 Å². The smallest absolute Gasteiger partial charge is 0.325 e. The van der Waals surface area contributed by atoms with Gasteiger partial charge in [0.1, 0.15) is 11.4 Å². The lowest BCUT2D eigenvalue weighted by Crippen LogP contribution is -2.19. The van der Waals surface area contributed by atoms with Crippen LogP contribution in [0, 0.1) is 0 Å². The zero-order valence-corrected chi connectivity index (χ0v) is 16.4. The number of carbonyl (C=O) groups excluding carboxylic acids is 2. The molecule has 0 aliphatic heterocycles. The van der Waals surface area contributed by atoms with Crippen LogP contribution in [0.4, 0.5) is 21.3 Å². The second-order valence-electron chi connectivity index (χ2n) is 5.54. The molecule has 144 valence electrons. The number of benzene rings is 2. The second-order valence-corrected chi connectivity index (χ2v) is 6.83. The highest BCUT2D eigenvalue weighted by molar-refractivity contribution is 7.14. The Morgan fingerprint density at radius 3 is 2.32 bits per heavy atom. The number of rotatable bonds is 6. The van der Waals surface area contributed by atoms with Gasteiger partial charge in [0.2, 0.25) is 0 Å². The number of hydrogen-bond acceptors (Lipinski definition) is 5. The molecule has 0 fully saturated rings. The van der Waals surface area contributed by atoms with Gasteiger partial charge in [0.25, 0.3) is 5.91 Å². The molecule has 1 heterocycles. The summed E-state index contributed by atoms with van der Waals surface area (Å²) in [6, 6.07) is 13.3. The zero-order valence-electron chi connectivity index (χ0n) is 14.9. The molecular weight excluding hydrogens is 400 g/mol. The lowest BCUT2D eigenvalue weighted by Gasteiger charge is -2.06. The summed E-state index contributed by atoms with van der Waals surface area (Å²) >= 11 is 6.96. The fourth-order valence-corrected chi connectivity index (χ4v) is 3.04. The van der Waals surface area contributed by atoms with Crippen molar-refractivity contribution in [1.82, 2.24) is 4.98 Å². The molecule has 3 amide bonds. The molecule has 3 rings (SSSR count). The lowest BCUT2D eigenvalue weighted by atomic mass is 10.3. The summed E-state index contributed by atoms with van der Waals surface area (Å²) in [5, 5.41) is 10.5. The van der Waals surface area contributed by atoms with E-state index in [9.17, 15) is 9.59 Å². The average molecular weight is 417 g/mol. The maximum Gasteiger partial charge on any atom is 0.325 e. The minimum atomic E-state index is -0.463. The summed E-state index contributed by atoms with van der Waals surface area (Å²) in [6.45, 7) is 2.48. The van der Waals surface area contributed by atoms with Crippen molar-refractivity contribution < 1.29 is 14.3 Å². The number of nitrogens with one attached hydrogen (secondary N) is 3. The predicted molar refractivity (Wildman–Crippen MR) is 112 cm³/mol. The Hall–Kier alpha value is -3.10. The summed E-state index contributed by atoms with van der Waals surface area (Å²) in [5.74, 6) is 0.360. The number of thiazole rings is 1. The third-order valence-electron chi connectivity index (χ3n) is 3.48. The largest absolute Gasteiger partial charge is 0.494 e. The number of urea groups is 1. The summed E-state index contributed by atoms with van der Waals surface area (Å²) in [4.78, 5) is 28.5. The number of nitrogens with zero attached hydrogens (tertiary/aromatic N) is 1. The van der Waals surface area contributed by atoms with Gasteiger partial charge in [0.05, 0.1) is 6.61 Å². The highest BCUT2D eigenvalue weighted by atomic mass is 35.5. The molecule has 0 saturated carbocycles. The summed E-state index contributed by atoms with van der Waals surface area (Å²) < 4.78 is 5.36. The van der Waals surface area contributed by atoms with Crippen LogP contribution in [0.2, 0.25) is 5.02 Å². The molecular formula is C19H17ClN4O3S. The third-order valence-corrected chi connectivity index (χ3v) is 4.49. The first-order valence-electron chi connectivity index (χ1n) is 8.37. The van der Waals surface area contributed by atoms with E-state index in [2.05, 4.69) is 20.9 Å². The molecule has 1 aromatic heterocycles. The zero-order chi connectivity index (χ0) is 19.9. The first-order chi connectivity index (χ1) is 13.5. The molecule has 7 nitrogen and oxygen atoms in total. The minimum absolute atomic E-state index is 0.209. The molecule has 0 radical (unpaired) electrons. The van der Waals surface area contributed by atoms with Crippen LogP contribution in [0.3, 0.4) is 0 Å². The summed E-state index contributed by atoms with van der Waals surface area (Å²) in [7, 11) is 0. The minimum Gasteiger partial charge on any atom is -0.494 e. The highest BCUT2D eigenvalue weighted by Gasteiger charge is 2.13. The quantitative estimate of drug-likeness (QED) is 0.521. The lowest BCUT2D eigenvalue weighted by molar-refractivity contribution is 0.102. The van der Waals surface area contributed by atoms with Crippen LogP contribution in [-0.4, -0.2) is 23.5 Å². The Labute approximate surface area is 170 Å². The van der Waals surface area contributed by atoms with Crippen molar-refractivity contribution in [2.45, 2.75) is 6.92 Å². The number of halogens is 1. The van der Waals surface area contributed by atoms with Gasteiger partial charge in [-0.1, -0.05) is 11.6 Å². The van der Waals surface area contributed by atoms with Crippen LogP contribution in [0.15, 0.2) is 53.9 Å². The molecule has 0 saturated heterocycles. The average Bonchev–Trinajstić information content (AvgIpc) is 3.14. The van der Waals surface area contributed by atoms with Crippen molar-refractivity contribution in [3.05, 3.63) is 64.6 Å². The van der Waals surface area contributed by atoms with E-state index in [0.717, 1.165) is 17.1 Å². The van der Waals surface area contributed by atoms with E-state index >= 15 is 0 Å². The second kappa shape index (κ2) is 9.20. The van der Waals surface area contributed by atoms with E-state index in [-0.39, 0.29) is 11.6 Å². The molecule has 0 spiro atoms. The Balaban J connectivity index is 1.55. The standard InChI is InChI=1S/C19H17ClN4O3S/c1-2-27-15-9-7-13(8-10-15)21-17(25)16-11-28-19(23-16)24-18(26)22-14-5-3-12(20)4-6-14/h3-11H,2H2,1H3,(H,21,25)(H2,22,23,24,26). The van der Waals surface area contributed by atoms with E-state index < -0.39 is 6.03 Å². The SMILES string of the molecule is CCOc1ccc(NC(=O)c2csc(NC(=O)Nc3ccc(Cl)cc3)n2)cc1. The molecule has 3 N–H and O–H groups in total. The van der Waals surface area contributed by atoms with Crippen LogP contribution in [0.5, 0.6) is 5.75 Å². The van der Waals surface area contributed by atoms with E-state index in [4.69, 9.17) is 16.3 Å². The molecule has 2 aromatic carbocycles. The van der Waals surface area contributed by atoms with Crippen molar-refractivity contribution in [2.75, 3.05) is 22.6 Å². The van der Waals surface area contributed by atoms with Crippen LogP contribution < -0.4 is 20.7 Å². The van der Waals surface area contributed by atoms with Gasteiger partial charge in [-0.05, 0) is 55.5 Å². The first kappa shape index (κ1) is 19.7. The Bertz CT molecular complexity index is 958. The van der Waals surface area contributed by atoms with Gasteiger partial charge < -0.3 is 15.4 Å². The molecule has 0 aliphatic carbocycles. The van der Waals surface area contributed by atoms with Crippen molar-refractivity contribution >= 4 is 51.4 Å². The fraction of sp³-hybridized carbons (Fsp3) is 0.105. The molecule has 3 aromatic rings. The fourth-order valence-electron chi connectivity index (χ4n) is 2.22.